The highest BCUT2D eigenvalue weighted by Crippen LogP contribution is 2.25. The lowest BCUT2D eigenvalue weighted by Crippen LogP contribution is -1.89. The lowest BCUT2D eigenvalue weighted by molar-refractivity contribution is 0.633. The Balaban J connectivity index is 2.49. The summed E-state index contributed by atoms with van der Waals surface area (Å²) >= 11 is 1.50. The maximum absolute atomic E-state index is 12.8. The fourth-order valence-electron chi connectivity index (χ4n) is 1.06. The molecule has 0 bridgehead atoms. The predicted molar refractivity (Wildman–Crippen MR) is 51.9 cm³/mol. The number of nitrogens with two attached hydrogens (primary N) is 1. The van der Waals surface area contributed by atoms with Gasteiger partial charge in [0.15, 0.2) is 0 Å². The number of rotatable bonds is 1. The number of aromatic nitrogens is 1. The monoisotopic (exact) mass is 194 g/mol. The molecular weight excluding hydrogens is 187 g/mol. The molecule has 0 aliphatic carbocycles. The van der Waals surface area contributed by atoms with Crippen LogP contribution in [0.4, 0.5) is 10.1 Å². The SMILES string of the molecule is Nc1cc(-c2cncs2)ccc1F. The van der Waals surface area contributed by atoms with Crippen LogP contribution in [-0.4, -0.2) is 4.98 Å². The summed E-state index contributed by atoms with van der Waals surface area (Å²) in [7, 11) is 0. The lowest BCUT2D eigenvalue weighted by atomic mass is 10.2. The van der Waals surface area contributed by atoms with Gasteiger partial charge in [-0.2, -0.15) is 0 Å². The van der Waals surface area contributed by atoms with E-state index in [0.717, 1.165) is 10.4 Å². The molecule has 1 aromatic carbocycles. The van der Waals surface area contributed by atoms with Crippen molar-refractivity contribution >= 4 is 17.0 Å². The van der Waals surface area contributed by atoms with Gasteiger partial charge in [-0.1, -0.05) is 6.07 Å². The summed E-state index contributed by atoms with van der Waals surface area (Å²) in [4.78, 5) is 4.93. The molecule has 0 aliphatic heterocycles. The number of nitrogen functional groups attached to an aromatic ring is 1. The first kappa shape index (κ1) is 8.19. The van der Waals surface area contributed by atoms with E-state index >= 15 is 0 Å². The van der Waals surface area contributed by atoms with Crippen LogP contribution in [0.1, 0.15) is 0 Å². The summed E-state index contributed by atoms with van der Waals surface area (Å²) in [6, 6.07) is 4.67. The molecule has 4 heteroatoms. The van der Waals surface area contributed by atoms with E-state index in [1.165, 1.54) is 17.4 Å². The molecule has 0 saturated heterocycles. The van der Waals surface area contributed by atoms with Crippen LogP contribution in [-0.2, 0) is 0 Å². The summed E-state index contributed by atoms with van der Waals surface area (Å²) in [6.45, 7) is 0. The van der Waals surface area contributed by atoms with Crippen LogP contribution in [0.15, 0.2) is 29.9 Å². The molecule has 2 nitrogen and oxygen atoms in total. The summed E-state index contributed by atoms with van der Waals surface area (Å²) in [6.07, 6.45) is 1.73. The molecule has 13 heavy (non-hydrogen) atoms. The fourth-order valence-corrected chi connectivity index (χ4v) is 1.68. The average Bonchev–Trinajstić information content (AvgIpc) is 2.62. The standard InChI is InChI=1S/C9H7FN2S/c10-7-2-1-6(3-8(7)11)9-4-12-5-13-9/h1-5H,11H2. The molecule has 1 aromatic heterocycles. The Morgan fingerprint density at radius 2 is 2.23 bits per heavy atom. The van der Waals surface area contributed by atoms with Crippen molar-refractivity contribution in [3.63, 3.8) is 0 Å². The third kappa shape index (κ3) is 1.53. The fraction of sp³-hybridized carbons (Fsp3) is 0. The lowest BCUT2D eigenvalue weighted by Gasteiger charge is -1.99. The molecule has 1 heterocycles. The van der Waals surface area contributed by atoms with Crippen LogP contribution in [0, 0.1) is 5.82 Å². The second kappa shape index (κ2) is 3.14. The molecule has 0 aliphatic rings. The van der Waals surface area contributed by atoms with Crippen LogP contribution in [0.3, 0.4) is 0 Å². The molecule has 2 N–H and O–H groups in total. The Hall–Kier alpha value is -1.42. The van der Waals surface area contributed by atoms with Gasteiger partial charge in [0.05, 0.1) is 16.1 Å². The number of anilines is 1. The number of benzene rings is 1. The number of hydrogen-bond acceptors (Lipinski definition) is 3. The van der Waals surface area contributed by atoms with Crippen LogP contribution >= 0.6 is 11.3 Å². The third-order valence-electron chi connectivity index (χ3n) is 1.71. The van der Waals surface area contributed by atoms with Gasteiger partial charge in [-0.25, -0.2) is 4.39 Å². The Morgan fingerprint density at radius 1 is 1.38 bits per heavy atom. The first-order valence-electron chi connectivity index (χ1n) is 3.71. The Labute approximate surface area is 78.9 Å². The summed E-state index contributed by atoms with van der Waals surface area (Å²) in [5.74, 6) is -0.381. The minimum atomic E-state index is -0.381. The van der Waals surface area contributed by atoms with Gasteiger partial charge in [0, 0.05) is 6.20 Å². The van der Waals surface area contributed by atoms with E-state index in [4.69, 9.17) is 5.73 Å². The highest BCUT2D eigenvalue weighted by molar-refractivity contribution is 7.13. The molecule has 0 spiro atoms. The average molecular weight is 194 g/mol. The molecule has 66 valence electrons. The molecule has 0 fully saturated rings. The van der Waals surface area contributed by atoms with Crippen molar-refractivity contribution in [1.29, 1.82) is 0 Å². The van der Waals surface area contributed by atoms with Gasteiger partial charge < -0.3 is 5.73 Å². The van der Waals surface area contributed by atoms with Crippen LogP contribution in [0.5, 0.6) is 0 Å². The van der Waals surface area contributed by atoms with E-state index in [2.05, 4.69) is 4.98 Å². The van der Waals surface area contributed by atoms with Crippen molar-refractivity contribution in [2.75, 3.05) is 5.73 Å². The van der Waals surface area contributed by atoms with Crippen molar-refractivity contribution in [3.8, 4) is 10.4 Å². The maximum Gasteiger partial charge on any atom is 0.146 e. The van der Waals surface area contributed by atoms with Gasteiger partial charge in [0.25, 0.3) is 0 Å². The zero-order chi connectivity index (χ0) is 9.26. The van der Waals surface area contributed by atoms with Crippen LogP contribution < -0.4 is 5.73 Å². The number of hydrogen-bond donors (Lipinski definition) is 1. The summed E-state index contributed by atoms with van der Waals surface area (Å²) < 4.78 is 12.8. The Bertz CT molecular complexity index is 412. The van der Waals surface area contributed by atoms with Gasteiger partial charge in [-0.15, -0.1) is 11.3 Å². The van der Waals surface area contributed by atoms with E-state index in [1.807, 2.05) is 0 Å². The van der Waals surface area contributed by atoms with Gasteiger partial charge in [0.2, 0.25) is 0 Å². The van der Waals surface area contributed by atoms with E-state index < -0.39 is 0 Å². The van der Waals surface area contributed by atoms with Gasteiger partial charge in [0.1, 0.15) is 5.82 Å². The van der Waals surface area contributed by atoms with E-state index in [-0.39, 0.29) is 11.5 Å². The summed E-state index contributed by atoms with van der Waals surface area (Å²) in [5, 5.41) is 0. The first-order chi connectivity index (χ1) is 6.27. The molecular formula is C9H7FN2S. The topological polar surface area (TPSA) is 38.9 Å². The van der Waals surface area contributed by atoms with Crippen LogP contribution in [0.2, 0.25) is 0 Å². The van der Waals surface area contributed by atoms with E-state index in [9.17, 15) is 4.39 Å². The van der Waals surface area contributed by atoms with Crippen molar-refractivity contribution in [2.45, 2.75) is 0 Å². The highest BCUT2D eigenvalue weighted by Gasteiger charge is 2.02. The Morgan fingerprint density at radius 3 is 2.85 bits per heavy atom. The van der Waals surface area contributed by atoms with Crippen molar-refractivity contribution in [2.24, 2.45) is 0 Å². The van der Waals surface area contributed by atoms with Gasteiger partial charge in [-0.05, 0) is 17.7 Å². The second-order valence-electron chi connectivity index (χ2n) is 2.60. The second-order valence-corrected chi connectivity index (χ2v) is 3.49. The van der Waals surface area contributed by atoms with Gasteiger partial charge in [-0.3, -0.25) is 4.98 Å². The number of thiazole rings is 1. The molecule has 2 aromatic rings. The first-order valence-corrected chi connectivity index (χ1v) is 4.59. The highest BCUT2D eigenvalue weighted by atomic mass is 32.1. The molecule has 0 unspecified atom stereocenters. The van der Waals surface area contributed by atoms with E-state index in [0.29, 0.717) is 0 Å². The zero-order valence-electron chi connectivity index (χ0n) is 6.70. The molecule has 0 atom stereocenters. The van der Waals surface area contributed by atoms with Crippen LogP contribution in [0.25, 0.3) is 10.4 Å². The quantitative estimate of drug-likeness (QED) is 0.708. The van der Waals surface area contributed by atoms with E-state index in [1.54, 1.807) is 23.8 Å². The zero-order valence-corrected chi connectivity index (χ0v) is 7.51. The minimum absolute atomic E-state index is 0.172. The smallest absolute Gasteiger partial charge is 0.146 e. The molecule has 0 amide bonds. The maximum atomic E-state index is 12.8. The normalized spacial score (nSPS) is 10.2. The molecule has 0 saturated carbocycles. The largest absolute Gasteiger partial charge is 0.396 e. The van der Waals surface area contributed by atoms with Crippen molar-refractivity contribution in [1.82, 2.24) is 4.98 Å². The van der Waals surface area contributed by atoms with Crippen molar-refractivity contribution < 1.29 is 4.39 Å². The number of nitrogens with zero attached hydrogens (tertiary/aromatic N) is 1. The molecule has 0 radical (unpaired) electrons. The number of halogens is 1. The Kier molecular flexibility index (Phi) is 1.98. The summed E-state index contributed by atoms with van der Waals surface area (Å²) in [5.41, 5.74) is 8.24. The minimum Gasteiger partial charge on any atom is -0.396 e. The van der Waals surface area contributed by atoms with Gasteiger partial charge >= 0.3 is 0 Å². The molecule has 2 rings (SSSR count). The van der Waals surface area contributed by atoms with Crippen molar-refractivity contribution in [3.05, 3.63) is 35.7 Å². The predicted octanol–water partition coefficient (Wildman–Crippen LogP) is 2.53. The third-order valence-corrected chi connectivity index (χ3v) is 2.54.